The molecule has 11 heteroatoms. The molecule has 2 heterocycles. The van der Waals surface area contributed by atoms with Gasteiger partial charge in [-0.05, 0) is 54.6 Å². The average Bonchev–Trinajstić information content (AvgIpc) is 3.27. The third-order valence-corrected chi connectivity index (χ3v) is 6.07. The Morgan fingerprint density at radius 1 is 1.23 bits per heavy atom. The highest BCUT2D eigenvalue weighted by atomic mass is 32.2. The van der Waals surface area contributed by atoms with Gasteiger partial charge in [-0.1, -0.05) is 6.07 Å². The number of halogens is 2. The molecular formula is C20H18F2N2O5S2. The van der Waals surface area contributed by atoms with Gasteiger partial charge in [-0.25, -0.2) is 0 Å². The predicted octanol–water partition coefficient (Wildman–Crippen LogP) is 4.13. The minimum Gasteiger partial charge on any atom is -0.493 e. The van der Waals surface area contributed by atoms with Gasteiger partial charge in [0, 0.05) is 18.0 Å². The lowest BCUT2D eigenvalue weighted by Crippen LogP contribution is -2.37. The molecule has 7 nitrogen and oxygen atoms in total. The van der Waals surface area contributed by atoms with Crippen LogP contribution in [0.15, 0.2) is 35.2 Å². The number of nitrogens with zero attached hydrogens (tertiary/aromatic N) is 1. The highest BCUT2D eigenvalue weighted by molar-refractivity contribution is 8.18. The molecule has 1 aliphatic heterocycles. The second-order valence-corrected chi connectivity index (χ2v) is 8.57. The van der Waals surface area contributed by atoms with Gasteiger partial charge in [0.25, 0.3) is 17.1 Å². The standard InChI is InChI=1S/C20H18F2N2O5S2/c1-11-3-6-15(30-11)17(25)23-7-8-24-18(26)16(31-20(24)27)10-12-4-5-13(29-19(21)22)14(9-12)28-2/h3-6,9-10,19H,7-8H2,1-2H3,(H,23,25)/b16-10-. The number of rotatable bonds is 8. The molecule has 0 unspecified atom stereocenters. The van der Waals surface area contributed by atoms with Gasteiger partial charge in [0.05, 0.1) is 16.9 Å². The molecule has 0 saturated carbocycles. The van der Waals surface area contributed by atoms with E-state index in [4.69, 9.17) is 4.74 Å². The van der Waals surface area contributed by atoms with Gasteiger partial charge in [0.2, 0.25) is 0 Å². The van der Waals surface area contributed by atoms with Crippen molar-refractivity contribution in [2.24, 2.45) is 0 Å². The zero-order valence-electron chi connectivity index (χ0n) is 16.5. The first-order valence-corrected chi connectivity index (χ1v) is 10.6. The van der Waals surface area contributed by atoms with E-state index in [0.717, 1.165) is 21.5 Å². The molecule has 0 radical (unpaired) electrons. The first-order chi connectivity index (χ1) is 14.8. The van der Waals surface area contributed by atoms with Crippen LogP contribution in [0.4, 0.5) is 13.6 Å². The largest absolute Gasteiger partial charge is 0.493 e. The van der Waals surface area contributed by atoms with E-state index in [0.29, 0.717) is 10.4 Å². The third-order valence-electron chi connectivity index (χ3n) is 4.16. The van der Waals surface area contributed by atoms with Crippen molar-refractivity contribution in [2.45, 2.75) is 13.5 Å². The molecule has 164 valence electrons. The van der Waals surface area contributed by atoms with Gasteiger partial charge >= 0.3 is 6.61 Å². The van der Waals surface area contributed by atoms with E-state index in [1.165, 1.54) is 42.7 Å². The Balaban J connectivity index is 1.64. The van der Waals surface area contributed by atoms with Crippen LogP contribution in [-0.4, -0.2) is 48.8 Å². The molecule has 31 heavy (non-hydrogen) atoms. The summed E-state index contributed by atoms with van der Waals surface area (Å²) in [6.07, 6.45) is 1.46. The Hall–Kier alpha value is -2.92. The van der Waals surface area contributed by atoms with Gasteiger partial charge < -0.3 is 14.8 Å². The number of alkyl halides is 2. The summed E-state index contributed by atoms with van der Waals surface area (Å²) in [5.41, 5.74) is 0.477. The second-order valence-electron chi connectivity index (χ2n) is 6.29. The number of methoxy groups -OCH3 is 1. The van der Waals surface area contributed by atoms with Crippen LogP contribution >= 0.6 is 23.1 Å². The predicted molar refractivity (Wildman–Crippen MR) is 114 cm³/mol. The highest BCUT2D eigenvalue weighted by Crippen LogP contribution is 2.34. The Kier molecular flexibility index (Phi) is 7.29. The van der Waals surface area contributed by atoms with Crippen LogP contribution in [0, 0.1) is 6.92 Å². The topological polar surface area (TPSA) is 84.9 Å². The average molecular weight is 469 g/mol. The molecule has 0 spiro atoms. The maximum absolute atomic E-state index is 12.6. The quantitative estimate of drug-likeness (QED) is 0.587. The van der Waals surface area contributed by atoms with Crippen LogP contribution in [0.5, 0.6) is 11.5 Å². The number of hydrogen-bond acceptors (Lipinski definition) is 7. The highest BCUT2D eigenvalue weighted by Gasteiger charge is 2.34. The molecule has 1 saturated heterocycles. The minimum atomic E-state index is -3.00. The molecule has 3 amide bonds. The van der Waals surface area contributed by atoms with Crippen molar-refractivity contribution < 1.29 is 32.6 Å². The zero-order valence-corrected chi connectivity index (χ0v) is 18.1. The molecule has 1 aromatic carbocycles. The Bertz CT molecular complexity index is 1040. The molecule has 1 aliphatic rings. The van der Waals surface area contributed by atoms with Gasteiger partial charge in [-0.2, -0.15) is 8.78 Å². The van der Waals surface area contributed by atoms with Crippen molar-refractivity contribution in [3.63, 3.8) is 0 Å². The van der Waals surface area contributed by atoms with E-state index in [-0.39, 0.29) is 35.4 Å². The summed E-state index contributed by atoms with van der Waals surface area (Å²) in [6.45, 7) is -0.958. The second kappa shape index (κ2) is 9.92. The SMILES string of the molecule is COc1cc(/C=C2\SC(=O)N(CCNC(=O)c3ccc(C)s3)C2=O)ccc1OC(F)F. The van der Waals surface area contributed by atoms with E-state index in [2.05, 4.69) is 10.1 Å². The van der Waals surface area contributed by atoms with E-state index < -0.39 is 17.8 Å². The van der Waals surface area contributed by atoms with Gasteiger partial charge in [0.15, 0.2) is 11.5 Å². The van der Waals surface area contributed by atoms with Crippen molar-refractivity contribution in [1.29, 1.82) is 0 Å². The fourth-order valence-corrected chi connectivity index (χ4v) is 4.39. The fraction of sp³-hybridized carbons (Fsp3) is 0.250. The number of nitrogens with one attached hydrogen (secondary N) is 1. The summed E-state index contributed by atoms with van der Waals surface area (Å²) < 4.78 is 34.3. The Morgan fingerprint density at radius 2 is 2.00 bits per heavy atom. The number of amides is 3. The van der Waals surface area contributed by atoms with Gasteiger partial charge in [-0.3, -0.25) is 19.3 Å². The normalized spacial score (nSPS) is 15.1. The van der Waals surface area contributed by atoms with Crippen molar-refractivity contribution in [1.82, 2.24) is 10.2 Å². The Labute approximate surface area is 185 Å². The summed E-state index contributed by atoms with van der Waals surface area (Å²) in [7, 11) is 1.30. The van der Waals surface area contributed by atoms with Crippen LogP contribution < -0.4 is 14.8 Å². The maximum atomic E-state index is 12.6. The van der Waals surface area contributed by atoms with E-state index in [1.807, 2.05) is 13.0 Å². The summed E-state index contributed by atoms with van der Waals surface area (Å²) >= 11 is 2.11. The summed E-state index contributed by atoms with van der Waals surface area (Å²) in [5.74, 6) is -0.832. The molecule has 1 aromatic heterocycles. The number of aryl methyl sites for hydroxylation is 1. The monoisotopic (exact) mass is 468 g/mol. The van der Waals surface area contributed by atoms with Crippen LogP contribution in [0.2, 0.25) is 0 Å². The van der Waals surface area contributed by atoms with Crippen molar-refractivity contribution in [3.8, 4) is 11.5 Å². The molecule has 3 rings (SSSR count). The maximum Gasteiger partial charge on any atom is 0.387 e. The van der Waals surface area contributed by atoms with Crippen LogP contribution in [0.25, 0.3) is 6.08 Å². The van der Waals surface area contributed by atoms with Crippen molar-refractivity contribution in [3.05, 3.63) is 50.6 Å². The number of imide groups is 1. The lowest BCUT2D eigenvalue weighted by Gasteiger charge is -2.12. The molecular weight excluding hydrogens is 450 g/mol. The van der Waals surface area contributed by atoms with Crippen molar-refractivity contribution in [2.75, 3.05) is 20.2 Å². The first-order valence-electron chi connectivity index (χ1n) is 9.01. The summed E-state index contributed by atoms with van der Waals surface area (Å²) in [6, 6.07) is 7.74. The zero-order chi connectivity index (χ0) is 22.5. The lowest BCUT2D eigenvalue weighted by atomic mass is 10.2. The molecule has 0 atom stereocenters. The molecule has 0 bridgehead atoms. The van der Waals surface area contributed by atoms with E-state index >= 15 is 0 Å². The number of carbonyl (C=O) groups is 3. The van der Waals surface area contributed by atoms with Gasteiger partial charge in [-0.15, -0.1) is 11.3 Å². The number of thioether (sulfide) groups is 1. The van der Waals surface area contributed by atoms with E-state index in [9.17, 15) is 23.2 Å². The molecule has 2 aromatic rings. The fourth-order valence-electron chi connectivity index (χ4n) is 2.74. The summed E-state index contributed by atoms with van der Waals surface area (Å²) in [5, 5.41) is 2.23. The number of hydrogen-bond donors (Lipinski definition) is 1. The number of ether oxygens (including phenoxy) is 2. The Morgan fingerprint density at radius 3 is 2.65 bits per heavy atom. The minimum absolute atomic E-state index is 0.0303. The summed E-state index contributed by atoms with van der Waals surface area (Å²) in [4.78, 5) is 39.7. The molecule has 0 aliphatic carbocycles. The van der Waals surface area contributed by atoms with Crippen LogP contribution in [0.1, 0.15) is 20.1 Å². The third kappa shape index (κ3) is 5.61. The smallest absolute Gasteiger partial charge is 0.387 e. The number of benzene rings is 1. The van der Waals surface area contributed by atoms with E-state index in [1.54, 1.807) is 6.07 Å². The molecule has 1 N–H and O–H groups in total. The first kappa shape index (κ1) is 22.8. The number of carbonyl (C=O) groups excluding carboxylic acids is 3. The van der Waals surface area contributed by atoms with Gasteiger partial charge in [0.1, 0.15) is 0 Å². The number of thiophene rings is 1. The van der Waals surface area contributed by atoms with Crippen LogP contribution in [-0.2, 0) is 4.79 Å². The lowest BCUT2D eigenvalue weighted by molar-refractivity contribution is -0.122. The molecule has 1 fully saturated rings. The van der Waals surface area contributed by atoms with Crippen molar-refractivity contribution >= 4 is 46.2 Å². The van der Waals surface area contributed by atoms with Crippen LogP contribution in [0.3, 0.4) is 0 Å².